The first kappa shape index (κ1) is 17.9. The summed E-state index contributed by atoms with van der Waals surface area (Å²) in [5.74, 6) is 0.661. The fraction of sp³-hybridized carbons (Fsp3) is 0.350. The molecule has 0 aliphatic carbocycles. The zero-order chi connectivity index (χ0) is 18.5. The number of nitrogens with zero attached hydrogens (tertiary/aromatic N) is 2. The van der Waals surface area contributed by atoms with Crippen molar-refractivity contribution in [3.63, 3.8) is 0 Å². The first-order chi connectivity index (χ1) is 12.6. The van der Waals surface area contributed by atoms with Crippen molar-refractivity contribution in [1.82, 2.24) is 4.98 Å². The van der Waals surface area contributed by atoms with Gasteiger partial charge < -0.3 is 15.0 Å². The lowest BCUT2D eigenvalue weighted by Crippen LogP contribution is -2.34. The number of para-hydroxylation sites is 1. The summed E-state index contributed by atoms with van der Waals surface area (Å²) in [5, 5.41) is 2.79. The quantitative estimate of drug-likeness (QED) is 0.854. The van der Waals surface area contributed by atoms with Gasteiger partial charge in [-0.15, -0.1) is 0 Å². The van der Waals surface area contributed by atoms with E-state index in [0.717, 1.165) is 25.3 Å². The lowest BCUT2D eigenvalue weighted by molar-refractivity contribution is 0.0602. The molecule has 0 radical (unpaired) electrons. The summed E-state index contributed by atoms with van der Waals surface area (Å²) in [7, 11) is 1.32. The van der Waals surface area contributed by atoms with Crippen LogP contribution in [-0.4, -0.2) is 37.1 Å². The molecule has 1 unspecified atom stereocenters. The van der Waals surface area contributed by atoms with Crippen LogP contribution >= 0.6 is 0 Å². The molecule has 136 valence electrons. The molecule has 1 aliphatic heterocycles. The first-order valence-electron chi connectivity index (χ1n) is 8.78. The van der Waals surface area contributed by atoms with Gasteiger partial charge in [0.1, 0.15) is 5.82 Å². The number of benzene rings is 1. The maximum absolute atomic E-state index is 12.7. The number of aromatic nitrogens is 1. The van der Waals surface area contributed by atoms with Gasteiger partial charge in [-0.25, -0.2) is 9.78 Å². The minimum atomic E-state index is -0.487. The Bertz CT molecular complexity index is 806. The molecule has 0 saturated carbocycles. The Morgan fingerprint density at radius 3 is 2.85 bits per heavy atom. The molecule has 2 aromatic rings. The minimum absolute atomic E-state index is 0.282. The maximum atomic E-state index is 12.7. The van der Waals surface area contributed by atoms with Crippen LogP contribution in [0.1, 0.15) is 40.5 Å². The lowest BCUT2D eigenvalue weighted by atomic mass is 10.0. The van der Waals surface area contributed by atoms with Crippen LogP contribution in [0.25, 0.3) is 0 Å². The van der Waals surface area contributed by atoms with E-state index in [0.29, 0.717) is 22.7 Å². The van der Waals surface area contributed by atoms with Gasteiger partial charge in [0.05, 0.1) is 18.4 Å². The van der Waals surface area contributed by atoms with Gasteiger partial charge in [-0.2, -0.15) is 0 Å². The number of hydrogen-bond donors (Lipinski definition) is 1. The van der Waals surface area contributed by atoms with Crippen molar-refractivity contribution in [2.45, 2.75) is 19.8 Å². The van der Waals surface area contributed by atoms with Crippen molar-refractivity contribution in [3.8, 4) is 0 Å². The fourth-order valence-electron chi connectivity index (χ4n) is 3.20. The van der Waals surface area contributed by atoms with Crippen LogP contribution in [0, 0.1) is 5.92 Å². The summed E-state index contributed by atoms with van der Waals surface area (Å²) in [6.45, 7) is 4.13. The predicted molar refractivity (Wildman–Crippen MR) is 101 cm³/mol. The number of anilines is 2. The van der Waals surface area contributed by atoms with E-state index in [4.69, 9.17) is 4.74 Å². The van der Waals surface area contributed by atoms with Crippen molar-refractivity contribution >= 4 is 23.4 Å². The van der Waals surface area contributed by atoms with Gasteiger partial charge in [-0.3, -0.25) is 4.79 Å². The number of methoxy groups -OCH3 is 1. The number of carbonyl (C=O) groups is 2. The average molecular weight is 353 g/mol. The molecule has 1 aliphatic rings. The monoisotopic (exact) mass is 353 g/mol. The third-order valence-electron chi connectivity index (χ3n) is 4.57. The number of piperidine rings is 1. The molecule has 1 atom stereocenters. The van der Waals surface area contributed by atoms with Gasteiger partial charge in [-0.1, -0.05) is 19.1 Å². The number of hydrogen-bond acceptors (Lipinski definition) is 5. The summed E-state index contributed by atoms with van der Waals surface area (Å²) >= 11 is 0. The Balaban J connectivity index is 1.79. The largest absolute Gasteiger partial charge is 0.465 e. The van der Waals surface area contributed by atoms with E-state index in [-0.39, 0.29) is 5.91 Å². The zero-order valence-electron chi connectivity index (χ0n) is 15.1. The van der Waals surface area contributed by atoms with Crippen LogP contribution in [0.15, 0.2) is 42.6 Å². The molecular weight excluding hydrogens is 330 g/mol. The van der Waals surface area contributed by atoms with Crippen LogP contribution in [0.2, 0.25) is 0 Å². The fourth-order valence-corrected chi connectivity index (χ4v) is 3.20. The predicted octanol–water partition coefficient (Wildman–Crippen LogP) is 3.36. The average Bonchev–Trinajstić information content (AvgIpc) is 2.68. The molecule has 0 spiro atoms. The van der Waals surface area contributed by atoms with Crippen molar-refractivity contribution in [2.75, 3.05) is 30.4 Å². The minimum Gasteiger partial charge on any atom is -0.465 e. The maximum Gasteiger partial charge on any atom is 0.339 e. The highest BCUT2D eigenvalue weighted by molar-refractivity contribution is 6.08. The molecule has 1 N–H and O–H groups in total. The second-order valence-electron chi connectivity index (χ2n) is 6.59. The Hall–Kier alpha value is -2.89. The Kier molecular flexibility index (Phi) is 5.51. The smallest absolute Gasteiger partial charge is 0.339 e. The lowest BCUT2D eigenvalue weighted by Gasteiger charge is -2.31. The molecule has 1 saturated heterocycles. The van der Waals surface area contributed by atoms with Crippen molar-refractivity contribution in [3.05, 3.63) is 53.7 Å². The molecule has 1 aromatic heterocycles. The van der Waals surface area contributed by atoms with E-state index in [9.17, 15) is 9.59 Å². The SMILES string of the molecule is COC(=O)c1ccccc1NC(=O)c1ccnc(N2CCCC(C)C2)c1. The van der Waals surface area contributed by atoms with E-state index in [1.165, 1.54) is 13.5 Å². The van der Waals surface area contributed by atoms with Crippen LogP contribution in [0.4, 0.5) is 11.5 Å². The zero-order valence-corrected chi connectivity index (χ0v) is 15.1. The van der Waals surface area contributed by atoms with Gasteiger partial charge in [-0.05, 0) is 43.0 Å². The van der Waals surface area contributed by atoms with Crippen molar-refractivity contribution < 1.29 is 14.3 Å². The van der Waals surface area contributed by atoms with Crippen molar-refractivity contribution in [2.24, 2.45) is 5.92 Å². The molecule has 0 bridgehead atoms. The molecular formula is C20H23N3O3. The highest BCUT2D eigenvalue weighted by atomic mass is 16.5. The highest BCUT2D eigenvalue weighted by Gasteiger charge is 2.19. The number of nitrogens with one attached hydrogen (secondary N) is 1. The van der Waals surface area contributed by atoms with Crippen LogP contribution in [0.3, 0.4) is 0 Å². The van der Waals surface area contributed by atoms with E-state index >= 15 is 0 Å². The number of pyridine rings is 1. The first-order valence-corrected chi connectivity index (χ1v) is 8.78. The second kappa shape index (κ2) is 7.99. The molecule has 1 amide bonds. The van der Waals surface area contributed by atoms with Gasteiger partial charge in [0.15, 0.2) is 0 Å². The molecule has 1 fully saturated rings. The molecule has 26 heavy (non-hydrogen) atoms. The number of amides is 1. The van der Waals surface area contributed by atoms with Gasteiger partial charge in [0.2, 0.25) is 0 Å². The Morgan fingerprint density at radius 2 is 2.08 bits per heavy atom. The summed E-state index contributed by atoms with van der Waals surface area (Å²) in [6.07, 6.45) is 4.00. The van der Waals surface area contributed by atoms with Crippen LogP contribution in [-0.2, 0) is 4.74 Å². The van der Waals surface area contributed by atoms with E-state index in [1.54, 1.807) is 42.6 Å². The summed E-state index contributed by atoms with van der Waals surface area (Å²) in [6, 6.07) is 10.3. The van der Waals surface area contributed by atoms with E-state index in [2.05, 4.69) is 22.1 Å². The summed E-state index contributed by atoms with van der Waals surface area (Å²) in [5.41, 5.74) is 1.25. The van der Waals surface area contributed by atoms with Gasteiger partial charge in [0, 0.05) is 24.8 Å². The van der Waals surface area contributed by atoms with E-state index < -0.39 is 5.97 Å². The number of carbonyl (C=O) groups excluding carboxylic acids is 2. The van der Waals surface area contributed by atoms with Crippen molar-refractivity contribution in [1.29, 1.82) is 0 Å². The molecule has 2 heterocycles. The number of rotatable bonds is 4. The van der Waals surface area contributed by atoms with Crippen LogP contribution in [0.5, 0.6) is 0 Å². The number of ether oxygens (including phenoxy) is 1. The summed E-state index contributed by atoms with van der Waals surface area (Å²) < 4.78 is 4.77. The molecule has 3 rings (SSSR count). The topological polar surface area (TPSA) is 71.5 Å². The Morgan fingerprint density at radius 1 is 1.27 bits per heavy atom. The molecule has 6 nitrogen and oxygen atoms in total. The number of esters is 1. The third-order valence-corrected chi connectivity index (χ3v) is 4.57. The van der Waals surface area contributed by atoms with Gasteiger partial charge in [0.25, 0.3) is 5.91 Å². The van der Waals surface area contributed by atoms with Crippen LogP contribution < -0.4 is 10.2 Å². The van der Waals surface area contributed by atoms with Gasteiger partial charge >= 0.3 is 5.97 Å². The molecule has 6 heteroatoms. The van der Waals surface area contributed by atoms with E-state index in [1.807, 2.05) is 0 Å². The highest BCUT2D eigenvalue weighted by Crippen LogP contribution is 2.23. The normalized spacial score (nSPS) is 16.8. The molecule has 1 aromatic carbocycles. The summed E-state index contributed by atoms with van der Waals surface area (Å²) in [4.78, 5) is 31.2. The third kappa shape index (κ3) is 4.02. The Labute approximate surface area is 153 Å². The second-order valence-corrected chi connectivity index (χ2v) is 6.59. The standard InChI is InChI=1S/C20H23N3O3/c1-14-6-5-11-23(13-14)18-12-15(9-10-21-18)19(24)22-17-8-4-3-7-16(17)20(25)26-2/h3-4,7-10,12,14H,5-6,11,13H2,1-2H3,(H,22,24).